The SMILES string of the molecule is CCCNCc1cncc(Oc2c(C)cc(Cl)cc2C)c1. The van der Waals surface area contributed by atoms with Gasteiger partial charge in [-0.2, -0.15) is 0 Å². The van der Waals surface area contributed by atoms with Crippen molar-refractivity contribution in [3.8, 4) is 11.5 Å². The second kappa shape index (κ2) is 7.43. The van der Waals surface area contributed by atoms with Crippen LogP contribution in [0.25, 0.3) is 0 Å². The van der Waals surface area contributed by atoms with E-state index in [0.717, 1.165) is 52.7 Å². The van der Waals surface area contributed by atoms with Gasteiger partial charge in [0.05, 0.1) is 6.20 Å². The first-order valence-electron chi connectivity index (χ1n) is 7.19. The number of hydrogen-bond acceptors (Lipinski definition) is 3. The van der Waals surface area contributed by atoms with Gasteiger partial charge in [0.1, 0.15) is 11.5 Å². The molecular formula is C17H21ClN2O. The highest BCUT2D eigenvalue weighted by Gasteiger charge is 2.08. The number of benzene rings is 1. The topological polar surface area (TPSA) is 34.2 Å². The van der Waals surface area contributed by atoms with Crippen LogP contribution in [-0.2, 0) is 6.54 Å². The summed E-state index contributed by atoms with van der Waals surface area (Å²) in [7, 11) is 0. The number of pyridine rings is 1. The van der Waals surface area contributed by atoms with Gasteiger partial charge in [0.15, 0.2) is 0 Å². The number of aryl methyl sites for hydroxylation is 2. The first-order chi connectivity index (χ1) is 10.1. The molecule has 0 amide bonds. The van der Waals surface area contributed by atoms with E-state index in [4.69, 9.17) is 16.3 Å². The largest absolute Gasteiger partial charge is 0.455 e. The maximum absolute atomic E-state index is 6.05. The van der Waals surface area contributed by atoms with Gasteiger partial charge in [0.2, 0.25) is 0 Å². The molecule has 0 spiro atoms. The molecule has 2 rings (SSSR count). The molecule has 0 saturated carbocycles. The van der Waals surface area contributed by atoms with Crippen LogP contribution in [0.15, 0.2) is 30.6 Å². The van der Waals surface area contributed by atoms with Gasteiger partial charge in [0.25, 0.3) is 0 Å². The highest BCUT2D eigenvalue weighted by molar-refractivity contribution is 6.30. The highest BCUT2D eigenvalue weighted by atomic mass is 35.5. The molecule has 1 N–H and O–H groups in total. The second-order valence-corrected chi connectivity index (χ2v) is 5.61. The summed E-state index contributed by atoms with van der Waals surface area (Å²) in [5, 5.41) is 4.09. The molecule has 0 fully saturated rings. The maximum atomic E-state index is 6.05. The van der Waals surface area contributed by atoms with E-state index in [9.17, 15) is 0 Å². The molecule has 2 aromatic rings. The van der Waals surface area contributed by atoms with Gasteiger partial charge in [0, 0.05) is 17.8 Å². The number of nitrogens with zero attached hydrogens (tertiary/aromatic N) is 1. The fourth-order valence-corrected chi connectivity index (χ4v) is 2.53. The van der Waals surface area contributed by atoms with Crippen LogP contribution < -0.4 is 10.1 Å². The fourth-order valence-electron chi connectivity index (χ4n) is 2.20. The van der Waals surface area contributed by atoms with Crippen LogP contribution in [0.4, 0.5) is 0 Å². The molecule has 112 valence electrons. The van der Waals surface area contributed by atoms with Gasteiger partial charge in [-0.05, 0) is 61.7 Å². The van der Waals surface area contributed by atoms with Crippen LogP contribution in [0, 0.1) is 13.8 Å². The predicted octanol–water partition coefficient (Wildman–Crippen LogP) is 4.64. The summed E-state index contributed by atoms with van der Waals surface area (Å²) >= 11 is 6.05. The van der Waals surface area contributed by atoms with E-state index in [1.54, 1.807) is 6.20 Å². The van der Waals surface area contributed by atoms with Crippen molar-refractivity contribution in [1.82, 2.24) is 10.3 Å². The summed E-state index contributed by atoms with van der Waals surface area (Å²) in [6.45, 7) is 7.94. The quantitative estimate of drug-likeness (QED) is 0.789. The number of aromatic nitrogens is 1. The van der Waals surface area contributed by atoms with Crippen LogP contribution >= 0.6 is 11.6 Å². The lowest BCUT2D eigenvalue weighted by Crippen LogP contribution is -2.13. The molecule has 1 heterocycles. The molecule has 0 aliphatic carbocycles. The third kappa shape index (κ3) is 4.45. The van der Waals surface area contributed by atoms with Gasteiger partial charge in [-0.15, -0.1) is 0 Å². The van der Waals surface area contributed by atoms with Gasteiger partial charge >= 0.3 is 0 Å². The summed E-state index contributed by atoms with van der Waals surface area (Å²) in [5.41, 5.74) is 3.16. The summed E-state index contributed by atoms with van der Waals surface area (Å²) in [6, 6.07) is 5.83. The molecule has 0 saturated heterocycles. The third-order valence-electron chi connectivity index (χ3n) is 3.17. The number of halogens is 1. The van der Waals surface area contributed by atoms with Gasteiger partial charge in [-0.3, -0.25) is 4.98 Å². The van der Waals surface area contributed by atoms with Crippen LogP contribution in [0.1, 0.15) is 30.0 Å². The molecule has 0 radical (unpaired) electrons. The zero-order chi connectivity index (χ0) is 15.2. The van der Waals surface area contributed by atoms with E-state index < -0.39 is 0 Å². The molecule has 3 nitrogen and oxygen atoms in total. The molecule has 0 bridgehead atoms. The van der Waals surface area contributed by atoms with E-state index in [1.807, 2.05) is 38.2 Å². The van der Waals surface area contributed by atoms with Crippen LogP contribution in [-0.4, -0.2) is 11.5 Å². The molecule has 0 atom stereocenters. The number of ether oxygens (including phenoxy) is 1. The van der Waals surface area contributed by atoms with Crippen molar-refractivity contribution in [2.24, 2.45) is 0 Å². The van der Waals surface area contributed by atoms with E-state index in [2.05, 4.69) is 17.2 Å². The average molecular weight is 305 g/mol. The molecule has 0 aliphatic rings. The molecule has 0 aliphatic heterocycles. The average Bonchev–Trinajstić information content (AvgIpc) is 2.44. The first-order valence-corrected chi connectivity index (χ1v) is 7.57. The number of nitrogens with one attached hydrogen (secondary N) is 1. The lowest BCUT2D eigenvalue weighted by Gasteiger charge is -2.13. The van der Waals surface area contributed by atoms with E-state index in [1.165, 1.54) is 0 Å². The number of hydrogen-bond donors (Lipinski definition) is 1. The molecule has 21 heavy (non-hydrogen) atoms. The minimum Gasteiger partial charge on any atom is -0.455 e. The summed E-state index contributed by atoms with van der Waals surface area (Å²) in [6.07, 6.45) is 4.71. The van der Waals surface area contributed by atoms with Crippen LogP contribution in [0.3, 0.4) is 0 Å². The smallest absolute Gasteiger partial charge is 0.146 e. The Morgan fingerprint density at radius 3 is 2.52 bits per heavy atom. The normalized spacial score (nSPS) is 10.7. The monoisotopic (exact) mass is 304 g/mol. The summed E-state index contributed by atoms with van der Waals surface area (Å²) in [5.74, 6) is 1.60. The Morgan fingerprint density at radius 2 is 1.86 bits per heavy atom. The van der Waals surface area contributed by atoms with E-state index in [-0.39, 0.29) is 0 Å². The van der Waals surface area contributed by atoms with Crippen molar-refractivity contribution in [3.05, 3.63) is 52.3 Å². The Kier molecular flexibility index (Phi) is 5.59. The molecule has 4 heteroatoms. The molecule has 1 aromatic heterocycles. The zero-order valence-corrected chi connectivity index (χ0v) is 13.5. The highest BCUT2D eigenvalue weighted by Crippen LogP contribution is 2.31. The van der Waals surface area contributed by atoms with Crippen molar-refractivity contribution in [3.63, 3.8) is 0 Å². The zero-order valence-electron chi connectivity index (χ0n) is 12.7. The third-order valence-corrected chi connectivity index (χ3v) is 3.39. The Bertz CT molecular complexity index is 590. The first kappa shape index (κ1) is 15.8. The Labute approximate surface area is 131 Å². The summed E-state index contributed by atoms with van der Waals surface area (Å²) < 4.78 is 5.99. The van der Waals surface area contributed by atoms with Crippen LogP contribution in [0.2, 0.25) is 5.02 Å². The lowest BCUT2D eigenvalue weighted by molar-refractivity contribution is 0.471. The maximum Gasteiger partial charge on any atom is 0.146 e. The van der Waals surface area contributed by atoms with Crippen molar-refractivity contribution >= 4 is 11.6 Å². The Morgan fingerprint density at radius 1 is 1.14 bits per heavy atom. The van der Waals surface area contributed by atoms with Crippen molar-refractivity contribution in [1.29, 1.82) is 0 Å². The Hall–Kier alpha value is -1.58. The second-order valence-electron chi connectivity index (χ2n) is 5.18. The minimum atomic E-state index is 0.730. The van der Waals surface area contributed by atoms with Crippen molar-refractivity contribution < 1.29 is 4.74 Å². The number of rotatable bonds is 6. The molecular weight excluding hydrogens is 284 g/mol. The van der Waals surface area contributed by atoms with E-state index in [0.29, 0.717) is 0 Å². The predicted molar refractivity (Wildman–Crippen MR) is 87.2 cm³/mol. The van der Waals surface area contributed by atoms with Gasteiger partial charge in [-0.1, -0.05) is 18.5 Å². The van der Waals surface area contributed by atoms with Gasteiger partial charge in [-0.25, -0.2) is 0 Å². The van der Waals surface area contributed by atoms with E-state index >= 15 is 0 Å². The van der Waals surface area contributed by atoms with Crippen molar-refractivity contribution in [2.75, 3.05) is 6.54 Å². The van der Waals surface area contributed by atoms with Gasteiger partial charge < -0.3 is 10.1 Å². The summed E-state index contributed by atoms with van der Waals surface area (Å²) in [4.78, 5) is 4.25. The lowest BCUT2D eigenvalue weighted by atomic mass is 10.1. The molecule has 0 unspecified atom stereocenters. The molecule has 1 aromatic carbocycles. The van der Waals surface area contributed by atoms with Crippen LogP contribution in [0.5, 0.6) is 11.5 Å². The Balaban J connectivity index is 2.15. The van der Waals surface area contributed by atoms with Crippen molar-refractivity contribution in [2.45, 2.75) is 33.7 Å². The fraction of sp³-hybridized carbons (Fsp3) is 0.353. The standard InChI is InChI=1S/C17H21ClN2O/c1-4-5-19-9-14-8-16(11-20-10-14)21-17-12(2)6-15(18)7-13(17)3/h6-8,10-11,19H,4-5,9H2,1-3H3. The minimum absolute atomic E-state index is 0.730.